The zero-order valence-corrected chi connectivity index (χ0v) is 79.2. The number of Topliss-reactive ketones (excluding diaryl/α,β-unsaturated/α-hetero) is 1. The average molecular weight is 1900 g/mol. The number of aromatic nitrogens is 10. The van der Waals surface area contributed by atoms with E-state index in [0.717, 1.165) is 111 Å². The Morgan fingerprint density at radius 3 is 1.27 bits per heavy atom. The van der Waals surface area contributed by atoms with Crippen molar-refractivity contribution in [3.8, 4) is 56.9 Å². The molecule has 18 heterocycles. The summed E-state index contributed by atoms with van der Waals surface area (Å²) in [6, 6.07) is 56.2. The van der Waals surface area contributed by atoms with Crippen LogP contribution in [0.2, 0.25) is 0 Å². The molecule has 31 heteroatoms. The molecule has 4 N–H and O–H groups in total. The van der Waals surface area contributed by atoms with Gasteiger partial charge in [0.2, 0.25) is 0 Å². The van der Waals surface area contributed by atoms with Crippen molar-refractivity contribution >= 4 is 102 Å². The Hall–Kier alpha value is -15.0. The van der Waals surface area contributed by atoms with Crippen molar-refractivity contribution in [3.63, 3.8) is 0 Å². The number of alkyl halides is 1. The zero-order valence-electron chi connectivity index (χ0n) is 78.4. The maximum atomic E-state index is 13.3. The topological polar surface area (TPSA) is 404 Å². The van der Waals surface area contributed by atoms with Crippen molar-refractivity contribution in [3.05, 3.63) is 317 Å². The Kier molecular flexibility index (Phi) is 24.5. The first-order chi connectivity index (χ1) is 67.2. The molecular formula is C109H99ClN10O20. The number of pyridine rings is 10. The van der Waals surface area contributed by atoms with Gasteiger partial charge in [-0.05, 0) is 166 Å². The van der Waals surface area contributed by atoms with E-state index in [1.54, 1.807) is 89.5 Å². The van der Waals surface area contributed by atoms with Crippen molar-refractivity contribution in [1.82, 2.24) is 47.8 Å². The number of aliphatic hydroxyl groups is 4. The molecule has 0 bridgehead atoms. The molecular weight excluding hydrogens is 1800 g/mol. The van der Waals surface area contributed by atoms with Crippen LogP contribution >= 0.6 is 11.6 Å². The highest BCUT2D eigenvalue weighted by molar-refractivity contribution is 6.18. The lowest BCUT2D eigenvalue weighted by Gasteiger charge is -2.33. The molecule has 712 valence electrons. The van der Waals surface area contributed by atoms with Crippen LogP contribution in [-0.2, 0) is 142 Å². The molecule has 0 aliphatic carbocycles. The molecule has 4 atom stereocenters. The van der Waals surface area contributed by atoms with Crippen LogP contribution in [0.15, 0.2) is 200 Å². The van der Waals surface area contributed by atoms with Gasteiger partial charge in [-0.1, -0.05) is 126 Å². The van der Waals surface area contributed by atoms with Crippen LogP contribution in [-0.4, -0.2) is 110 Å². The maximum Gasteiger partial charge on any atom is 0.316 e. The second-order valence-corrected chi connectivity index (χ2v) is 37.9. The largest absolute Gasteiger partial charge is 0.463 e. The molecule has 8 aliphatic heterocycles. The molecule has 23 rings (SSSR count). The molecule has 5 aromatic carbocycles. The Labute approximate surface area is 805 Å². The van der Waals surface area contributed by atoms with E-state index in [0.29, 0.717) is 131 Å². The normalized spacial score (nSPS) is 17.5. The van der Waals surface area contributed by atoms with E-state index in [1.807, 2.05) is 159 Å². The van der Waals surface area contributed by atoms with E-state index in [1.165, 1.54) is 0 Å². The number of halogens is 1. The van der Waals surface area contributed by atoms with Crippen molar-refractivity contribution < 1.29 is 72.9 Å². The van der Waals surface area contributed by atoms with E-state index >= 15 is 0 Å². The van der Waals surface area contributed by atoms with Gasteiger partial charge >= 0.3 is 23.9 Å². The molecule has 0 amide bonds. The summed E-state index contributed by atoms with van der Waals surface area (Å²) in [4.78, 5) is 161. The van der Waals surface area contributed by atoms with Crippen LogP contribution in [0.4, 0.5) is 0 Å². The second-order valence-electron chi connectivity index (χ2n) is 37.6. The number of nitrogens with zero attached hydrogens (tertiary/aromatic N) is 10. The maximum absolute atomic E-state index is 13.3. The van der Waals surface area contributed by atoms with Crippen LogP contribution in [0.5, 0.6) is 0 Å². The number of fused-ring (bicyclic) bond motifs is 23. The molecule has 8 aliphatic rings. The number of ketones is 1. The number of ether oxygens (including phenoxy) is 5. The van der Waals surface area contributed by atoms with Gasteiger partial charge in [0.05, 0.1) is 171 Å². The van der Waals surface area contributed by atoms with E-state index in [4.69, 9.17) is 60.2 Å². The number of benzene rings is 5. The van der Waals surface area contributed by atoms with E-state index in [9.17, 15) is 73.2 Å². The monoisotopic (exact) mass is 1900 g/mol. The summed E-state index contributed by atoms with van der Waals surface area (Å²) >= 11 is 6.29. The number of esters is 4. The highest BCUT2D eigenvalue weighted by Gasteiger charge is 2.46. The third-order valence-corrected chi connectivity index (χ3v) is 28.5. The van der Waals surface area contributed by atoms with Crippen molar-refractivity contribution in [2.24, 2.45) is 0 Å². The Bertz CT molecular complexity index is 8170. The zero-order chi connectivity index (χ0) is 98.7. The number of para-hydroxylation sites is 5. The van der Waals surface area contributed by atoms with Crippen molar-refractivity contribution in [2.75, 3.05) is 0 Å². The Morgan fingerprint density at radius 2 is 0.850 bits per heavy atom. The smallest absolute Gasteiger partial charge is 0.316 e. The van der Waals surface area contributed by atoms with Crippen LogP contribution < -0.4 is 27.8 Å². The minimum Gasteiger partial charge on any atom is -0.463 e. The van der Waals surface area contributed by atoms with Crippen LogP contribution in [0.25, 0.3) is 111 Å². The summed E-state index contributed by atoms with van der Waals surface area (Å²) in [5.74, 6) is -1.69. The average Bonchev–Trinajstić information content (AvgIpc) is 1.55. The fourth-order valence-corrected chi connectivity index (χ4v) is 20.7. The summed E-state index contributed by atoms with van der Waals surface area (Å²) in [7, 11) is 0. The molecule has 15 aromatic rings. The number of carbonyl (C=O) groups is 6. The van der Waals surface area contributed by atoms with Crippen LogP contribution in [0.1, 0.15) is 207 Å². The SMILES string of the molecule is CCC(=O)c1cc2n(c(=O)c1COC=O)Cc1cc3ccccc3nc1-2.CCC(O)(CC(=O)OC(C)(C)C)c1cc2n(c(=O)c1CO)Cc1cc3ccccc3nc1-2.CCC1(O)CC(=O)OCc2c1cc1n(c2=O)Cc2c-1nc1ccccc1c2CCl.CCC1(O)CC(=O)OCc2c1cc1n(c2=O)Cc2cc3ccccc3nc2-1.CC[C@@]1(C)C(=O)OCc2c1cc1n(c2=O)Cc2cc3ccccc3nc2-1. The fraction of sp³-hybridized carbons (Fsp3) is 0.303. The summed E-state index contributed by atoms with van der Waals surface area (Å²) < 4.78 is 34.1. The van der Waals surface area contributed by atoms with Gasteiger partial charge < -0.3 is 66.9 Å². The van der Waals surface area contributed by atoms with Crippen molar-refractivity contribution in [2.45, 2.75) is 213 Å². The quantitative estimate of drug-likeness (QED) is 0.0258. The van der Waals surface area contributed by atoms with Gasteiger partial charge in [0.15, 0.2) is 5.78 Å². The van der Waals surface area contributed by atoms with Gasteiger partial charge in [0.1, 0.15) is 48.8 Å². The van der Waals surface area contributed by atoms with Gasteiger partial charge in [0.25, 0.3) is 34.3 Å². The number of cyclic esters (lactones) is 3. The number of rotatable bonds is 14. The van der Waals surface area contributed by atoms with E-state index < -0.39 is 57.9 Å². The number of hydrogen-bond acceptors (Lipinski definition) is 25. The summed E-state index contributed by atoms with van der Waals surface area (Å²) in [6.45, 7) is 17.5. The van der Waals surface area contributed by atoms with Gasteiger partial charge in [-0.25, -0.2) is 24.9 Å². The Balaban J connectivity index is 0.000000112. The van der Waals surface area contributed by atoms with Crippen LogP contribution in [0, 0.1) is 0 Å². The summed E-state index contributed by atoms with van der Waals surface area (Å²) in [6.07, 6.45) is 0.962. The minimum atomic E-state index is -1.66. The third kappa shape index (κ3) is 16.3. The molecule has 140 heavy (non-hydrogen) atoms. The van der Waals surface area contributed by atoms with E-state index in [2.05, 4.69) is 12.1 Å². The van der Waals surface area contributed by atoms with Crippen LogP contribution in [0.3, 0.4) is 0 Å². The molecule has 3 unspecified atom stereocenters. The van der Waals surface area contributed by atoms with Gasteiger partial charge in [-0.15, -0.1) is 11.6 Å². The summed E-state index contributed by atoms with van der Waals surface area (Å²) in [5, 5.41) is 48.8. The van der Waals surface area contributed by atoms with Gasteiger partial charge in [0, 0.05) is 78.2 Å². The molecule has 30 nitrogen and oxygen atoms in total. The molecule has 0 saturated heterocycles. The van der Waals surface area contributed by atoms with Crippen molar-refractivity contribution in [1.29, 1.82) is 0 Å². The molecule has 0 radical (unpaired) electrons. The highest BCUT2D eigenvalue weighted by atomic mass is 35.5. The number of carbonyl (C=O) groups excluding carboxylic acids is 6. The number of hydrogen-bond donors (Lipinski definition) is 4. The standard InChI is InChI=1S/C25H28N2O5.C22H19ClN2O4.C21H18N2O4.C21H18N2O3.C20H16N2O4/c1-5-25(31,12-21(29)32-24(2,3)4)18-11-20-22-16(13-27(20)23(30)17(18)14-28)10-15-8-6-7-9-19(15)26-22;1-2-22(28)8-19(26)29-11-15-16(22)7-18-20-14(10-25(18)21(15)27)13(9-23)12-5-3-4-6-17(12)24-20;1-2-21(26)9-18(24)27-11-14-15(21)8-17-19-13(10-23(17)20(14)25)7-12-5-3-4-6-16(12)22-19;1-3-21(2)15-9-17-18-13(8-12-6-4-5-7-16(12)22-18)10-23(17)19(24)14(15)11-26-20(21)25;1-2-18(24)14-8-17-19-13(7-12-5-3-4-6-16(12)21-19)9-22(17)20(25)15(14)10-26-11-23/h6-11,28,31H,5,12-14H2,1-4H3;3-7,28H,2,8-11H2,1H3;3-8,26H,2,9-11H2,1H3;4-9H,3,10-11H2,1-2H3;3-8,11H,2,9-10H2,1H3/t;;;21-;/m...1./s1. The molecule has 0 fully saturated rings. The highest BCUT2D eigenvalue weighted by Crippen LogP contribution is 2.47. The summed E-state index contributed by atoms with van der Waals surface area (Å²) in [5.41, 5.74) is 13.5. The lowest BCUT2D eigenvalue weighted by atomic mass is 9.76. The third-order valence-electron chi connectivity index (χ3n) is 28.2. The Morgan fingerprint density at radius 1 is 0.464 bits per heavy atom. The minimum absolute atomic E-state index is 0.0502. The predicted molar refractivity (Wildman–Crippen MR) is 523 cm³/mol. The van der Waals surface area contributed by atoms with Gasteiger partial charge in [-0.3, -0.25) is 52.7 Å². The first kappa shape index (κ1) is 94.0. The first-order valence-corrected chi connectivity index (χ1v) is 47.2. The van der Waals surface area contributed by atoms with E-state index in [-0.39, 0.29) is 116 Å². The fourth-order valence-electron chi connectivity index (χ4n) is 20.4. The first-order valence-electron chi connectivity index (χ1n) is 46.6. The second kappa shape index (κ2) is 36.4. The lowest BCUT2D eigenvalue weighted by molar-refractivity contribution is -0.161. The molecule has 0 spiro atoms. The molecule has 0 saturated carbocycles. The predicted octanol–water partition coefficient (Wildman–Crippen LogP) is 14.8. The lowest BCUT2D eigenvalue weighted by Crippen LogP contribution is -2.42. The number of aliphatic hydroxyl groups excluding tert-OH is 1. The van der Waals surface area contributed by atoms with Gasteiger partial charge in [-0.2, -0.15) is 0 Å². The molecule has 10 aromatic heterocycles.